The fraction of sp³-hybridized carbons (Fsp3) is 0.273. The van der Waals surface area contributed by atoms with Gasteiger partial charge in [0.25, 0.3) is 0 Å². The van der Waals surface area contributed by atoms with Crippen LogP contribution in [-0.2, 0) is 16.0 Å². The number of ether oxygens (including phenoxy) is 1. The molecule has 27 heavy (non-hydrogen) atoms. The van der Waals surface area contributed by atoms with E-state index in [2.05, 4.69) is 36.5 Å². The summed E-state index contributed by atoms with van der Waals surface area (Å²) < 4.78 is 5.02. The van der Waals surface area contributed by atoms with E-state index >= 15 is 0 Å². The van der Waals surface area contributed by atoms with Crippen LogP contribution in [0.2, 0.25) is 0 Å². The summed E-state index contributed by atoms with van der Waals surface area (Å²) in [5, 5.41) is 3.89. The molecule has 140 valence electrons. The topological polar surface area (TPSA) is 51.2 Å². The fourth-order valence-electron chi connectivity index (χ4n) is 2.77. The summed E-state index contributed by atoms with van der Waals surface area (Å²) in [5.74, 6) is -0.00984. The Hall–Kier alpha value is -2.50. The minimum atomic E-state index is -0.00984. The van der Waals surface area contributed by atoms with Crippen LogP contribution in [0.5, 0.6) is 0 Å². The highest BCUT2D eigenvalue weighted by molar-refractivity contribution is 7.18. The summed E-state index contributed by atoms with van der Waals surface area (Å²) in [4.78, 5) is 18.2. The quantitative estimate of drug-likeness (QED) is 0.586. The van der Waals surface area contributed by atoms with Crippen molar-refractivity contribution in [3.8, 4) is 21.0 Å². The molecular formula is C22H24N2O2S. The zero-order valence-corrected chi connectivity index (χ0v) is 16.5. The number of hydrogen-bond donors (Lipinski definition) is 1. The van der Waals surface area contributed by atoms with E-state index in [1.807, 2.05) is 30.3 Å². The van der Waals surface area contributed by atoms with Crippen LogP contribution in [0.3, 0.4) is 0 Å². The summed E-state index contributed by atoms with van der Waals surface area (Å²) in [6.07, 6.45) is 1.08. The van der Waals surface area contributed by atoms with Crippen molar-refractivity contribution in [2.75, 3.05) is 20.3 Å². The van der Waals surface area contributed by atoms with Crippen LogP contribution in [0.15, 0.2) is 54.6 Å². The normalized spacial score (nSPS) is 10.7. The number of benzene rings is 2. The predicted octanol–water partition coefficient (Wildman–Crippen LogP) is 4.48. The monoisotopic (exact) mass is 380 g/mol. The van der Waals surface area contributed by atoms with Gasteiger partial charge in [0, 0.05) is 25.8 Å². The van der Waals surface area contributed by atoms with Gasteiger partial charge >= 0.3 is 0 Å². The maximum atomic E-state index is 12.4. The first kappa shape index (κ1) is 19.3. The molecule has 0 aliphatic rings. The van der Waals surface area contributed by atoms with E-state index in [-0.39, 0.29) is 12.3 Å². The molecule has 1 aromatic heterocycles. The Morgan fingerprint density at radius 2 is 1.81 bits per heavy atom. The SMILES string of the molecule is COCCCNC(=O)Cc1nc(-c2ccccc2)sc1-c1ccc(C)cc1. The molecule has 0 aliphatic heterocycles. The summed E-state index contributed by atoms with van der Waals surface area (Å²) in [7, 11) is 1.66. The van der Waals surface area contributed by atoms with Gasteiger partial charge in [-0.25, -0.2) is 4.98 Å². The van der Waals surface area contributed by atoms with Gasteiger partial charge < -0.3 is 10.1 Å². The van der Waals surface area contributed by atoms with E-state index in [1.165, 1.54) is 5.56 Å². The first-order valence-corrected chi connectivity index (χ1v) is 9.87. The molecular weight excluding hydrogens is 356 g/mol. The highest BCUT2D eigenvalue weighted by Crippen LogP contribution is 2.35. The van der Waals surface area contributed by atoms with Crippen LogP contribution < -0.4 is 5.32 Å². The third kappa shape index (κ3) is 5.25. The Labute approximate surface area is 164 Å². The van der Waals surface area contributed by atoms with Gasteiger partial charge in [-0.3, -0.25) is 4.79 Å². The lowest BCUT2D eigenvalue weighted by atomic mass is 10.1. The molecule has 2 aromatic carbocycles. The summed E-state index contributed by atoms with van der Waals surface area (Å²) >= 11 is 1.63. The average molecular weight is 381 g/mol. The van der Waals surface area contributed by atoms with Gasteiger partial charge in [0.15, 0.2) is 0 Å². The molecule has 0 saturated heterocycles. The number of rotatable bonds is 8. The molecule has 0 bridgehead atoms. The fourth-order valence-corrected chi connectivity index (χ4v) is 3.86. The van der Waals surface area contributed by atoms with Gasteiger partial charge in [-0.05, 0) is 18.9 Å². The van der Waals surface area contributed by atoms with Crippen LogP contribution in [0.4, 0.5) is 0 Å². The molecule has 1 heterocycles. The summed E-state index contributed by atoms with van der Waals surface area (Å²) in [6, 6.07) is 18.5. The molecule has 1 N–H and O–H groups in total. The lowest BCUT2D eigenvalue weighted by Crippen LogP contribution is -2.27. The Kier molecular flexibility index (Phi) is 6.74. The van der Waals surface area contributed by atoms with Gasteiger partial charge in [-0.2, -0.15) is 0 Å². The smallest absolute Gasteiger partial charge is 0.226 e. The molecule has 0 spiro atoms. The van der Waals surface area contributed by atoms with Crippen LogP contribution in [0.1, 0.15) is 17.7 Å². The Morgan fingerprint density at radius 3 is 2.52 bits per heavy atom. The van der Waals surface area contributed by atoms with E-state index in [0.717, 1.165) is 33.1 Å². The number of thiazole rings is 1. The standard InChI is InChI=1S/C22H24N2O2S/c1-16-9-11-17(12-10-16)21-19(15-20(25)23-13-6-14-26-2)24-22(27-21)18-7-4-3-5-8-18/h3-5,7-12H,6,13-15H2,1-2H3,(H,23,25). The number of aromatic nitrogens is 1. The Balaban J connectivity index is 1.85. The molecule has 0 atom stereocenters. The first-order chi connectivity index (χ1) is 13.2. The maximum absolute atomic E-state index is 12.4. The largest absolute Gasteiger partial charge is 0.385 e. The van der Waals surface area contributed by atoms with Crippen molar-refractivity contribution in [3.63, 3.8) is 0 Å². The molecule has 0 saturated carbocycles. The number of hydrogen-bond acceptors (Lipinski definition) is 4. The number of amides is 1. The van der Waals surface area contributed by atoms with Crippen LogP contribution >= 0.6 is 11.3 Å². The Bertz CT molecular complexity index is 873. The van der Waals surface area contributed by atoms with Gasteiger partial charge in [0.2, 0.25) is 5.91 Å². The highest BCUT2D eigenvalue weighted by Gasteiger charge is 2.17. The molecule has 0 aliphatic carbocycles. The van der Waals surface area contributed by atoms with E-state index in [1.54, 1.807) is 18.4 Å². The minimum absolute atomic E-state index is 0.00984. The third-order valence-electron chi connectivity index (χ3n) is 4.21. The molecule has 1 amide bonds. The lowest BCUT2D eigenvalue weighted by molar-refractivity contribution is -0.120. The average Bonchev–Trinajstić information content (AvgIpc) is 3.10. The van der Waals surface area contributed by atoms with E-state index < -0.39 is 0 Å². The zero-order chi connectivity index (χ0) is 19.1. The van der Waals surface area contributed by atoms with Crippen molar-refractivity contribution >= 4 is 17.2 Å². The van der Waals surface area contributed by atoms with Crippen LogP contribution in [0, 0.1) is 6.92 Å². The minimum Gasteiger partial charge on any atom is -0.385 e. The Morgan fingerprint density at radius 1 is 1.07 bits per heavy atom. The second-order valence-corrected chi connectivity index (χ2v) is 7.40. The third-order valence-corrected chi connectivity index (χ3v) is 5.40. The number of carbonyl (C=O) groups is 1. The molecule has 4 nitrogen and oxygen atoms in total. The second-order valence-electron chi connectivity index (χ2n) is 6.40. The van der Waals surface area contributed by atoms with Crippen molar-refractivity contribution in [3.05, 3.63) is 65.9 Å². The summed E-state index contributed by atoms with van der Waals surface area (Å²) in [5.41, 5.74) is 4.21. The van der Waals surface area contributed by atoms with E-state index in [0.29, 0.717) is 13.2 Å². The van der Waals surface area contributed by atoms with Crippen molar-refractivity contribution in [2.45, 2.75) is 19.8 Å². The van der Waals surface area contributed by atoms with Crippen molar-refractivity contribution < 1.29 is 9.53 Å². The van der Waals surface area contributed by atoms with E-state index in [9.17, 15) is 4.79 Å². The van der Waals surface area contributed by atoms with Crippen molar-refractivity contribution in [1.82, 2.24) is 10.3 Å². The molecule has 3 rings (SSSR count). The molecule has 0 unspecified atom stereocenters. The lowest BCUT2D eigenvalue weighted by Gasteiger charge is -2.05. The van der Waals surface area contributed by atoms with Gasteiger partial charge in [0.05, 0.1) is 17.0 Å². The first-order valence-electron chi connectivity index (χ1n) is 9.05. The van der Waals surface area contributed by atoms with Crippen molar-refractivity contribution in [2.24, 2.45) is 0 Å². The number of carbonyl (C=O) groups excluding carboxylic acids is 1. The van der Waals surface area contributed by atoms with E-state index in [4.69, 9.17) is 9.72 Å². The highest BCUT2D eigenvalue weighted by atomic mass is 32.1. The van der Waals surface area contributed by atoms with Crippen LogP contribution in [-0.4, -0.2) is 31.2 Å². The predicted molar refractivity (Wildman–Crippen MR) is 111 cm³/mol. The zero-order valence-electron chi connectivity index (χ0n) is 15.7. The summed E-state index contributed by atoms with van der Waals surface area (Å²) in [6.45, 7) is 3.33. The molecule has 0 fully saturated rings. The van der Waals surface area contributed by atoms with Gasteiger partial charge in [0.1, 0.15) is 5.01 Å². The molecule has 3 aromatic rings. The van der Waals surface area contributed by atoms with Gasteiger partial charge in [-0.15, -0.1) is 11.3 Å². The molecule has 0 radical (unpaired) electrons. The van der Waals surface area contributed by atoms with Crippen molar-refractivity contribution in [1.29, 1.82) is 0 Å². The number of nitrogens with zero attached hydrogens (tertiary/aromatic N) is 1. The van der Waals surface area contributed by atoms with Gasteiger partial charge in [-0.1, -0.05) is 60.2 Å². The van der Waals surface area contributed by atoms with Crippen LogP contribution in [0.25, 0.3) is 21.0 Å². The molecule has 5 heteroatoms. The second kappa shape index (κ2) is 9.44. The maximum Gasteiger partial charge on any atom is 0.226 e. The number of nitrogens with one attached hydrogen (secondary N) is 1. The number of aryl methyl sites for hydroxylation is 1. The number of methoxy groups -OCH3 is 1.